The van der Waals surface area contributed by atoms with Gasteiger partial charge in [0, 0.05) is 0 Å². The molecule has 0 saturated heterocycles. The van der Waals surface area contributed by atoms with Gasteiger partial charge in [0.25, 0.3) is 0 Å². The van der Waals surface area contributed by atoms with Gasteiger partial charge >= 0.3 is 5.97 Å². The number of hydrogen-bond acceptors (Lipinski definition) is 4. The lowest BCUT2D eigenvalue weighted by Gasteiger charge is -2.18. The smallest absolute Gasteiger partial charge is 0.306 e. The van der Waals surface area contributed by atoms with Crippen molar-refractivity contribution in [1.29, 1.82) is 0 Å². The van der Waals surface area contributed by atoms with E-state index in [1.54, 1.807) is 0 Å². The summed E-state index contributed by atoms with van der Waals surface area (Å²) in [6.45, 7) is 1.27. The Kier molecular flexibility index (Phi) is 4.02. The number of aliphatic carboxylic acids is 1. The van der Waals surface area contributed by atoms with E-state index in [9.17, 15) is 4.79 Å². The van der Waals surface area contributed by atoms with Gasteiger partial charge in [-0.1, -0.05) is 0 Å². The van der Waals surface area contributed by atoms with E-state index in [1.807, 2.05) is 0 Å². The molecule has 0 rings (SSSR count). The lowest BCUT2D eigenvalue weighted by atomic mass is 10.1. The van der Waals surface area contributed by atoms with Gasteiger partial charge in [-0.3, -0.25) is 4.79 Å². The molecule has 0 fully saturated rings. The first-order valence-corrected chi connectivity index (χ1v) is 3.21. The number of hydrogen-bond donors (Lipinski definition) is 4. The molecule has 0 radical (unpaired) electrons. The van der Waals surface area contributed by atoms with E-state index in [4.69, 9.17) is 20.4 Å². The molecule has 3 atom stereocenters. The minimum Gasteiger partial charge on any atom is -0.481 e. The molecule has 66 valence electrons. The average molecular weight is 164 g/mol. The molecule has 0 aromatic rings. The fourth-order valence-electron chi connectivity index (χ4n) is 0.621. The number of carboxylic acids is 1. The fraction of sp³-hybridized carbons (Fsp3) is 0.833. The maximum atomic E-state index is 9.98. The Hall–Kier alpha value is -0.650. The number of carbonyl (C=O) groups is 1. The third-order valence-corrected chi connectivity index (χ3v) is 1.27. The molecule has 0 amide bonds. The standard InChI is InChI=1S/C6H12O5/c1-3(7)6(11)4(8)2-5(9)10/h3-4,6-8,11H,2H2,1H3,(H,9,10)/t3-,4+,6-/m1/s1. The highest BCUT2D eigenvalue weighted by molar-refractivity contribution is 5.67. The molecule has 4 N–H and O–H groups in total. The normalized spacial score (nSPS) is 18.9. The highest BCUT2D eigenvalue weighted by Gasteiger charge is 2.23. The van der Waals surface area contributed by atoms with Crippen molar-refractivity contribution >= 4 is 5.97 Å². The maximum Gasteiger partial charge on any atom is 0.306 e. The van der Waals surface area contributed by atoms with E-state index in [0.717, 1.165) is 0 Å². The molecule has 0 spiro atoms. The van der Waals surface area contributed by atoms with Crippen molar-refractivity contribution < 1.29 is 25.2 Å². The molecular weight excluding hydrogens is 152 g/mol. The van der Waals surface area contributed by atoms with Crippen molar-refractivity contribution in [2.75, 3.05) is 0 Å². The highest BCUT2D eigenvalue weighted by atomic mass is 16.4. The Morgan fingerprint density at radius 3 is 2.09 bits per heavy atom. The van der Waals surface area contributed by atoms with Crippen LogP contribution in [0.1, 0.15) is 13.3 Å². The number of carboxylic acid groups (broad SMARTS) is 1. The Morgan fingerprint density at radius 2 is 1.82 bits per heavy atom. The van der Waals surface area contributed by atoms with Crippen molar-refractivity contribution in [2.24, 2.45) is 0 Å². The molecular formula is C6H12O5. The molecule has 0 aromatic carbocycles. The molecule has 11 heavy (non-hydrogen) atoms. The number of aliphatic hydroxyl groups is 3. The van der Waals surface area contributed by atoms with Crippen LogP contribution in [0.25, 0.3) is 0 Å². The predicted octanol–water partition coefficient (Wildman–Crippen LogP) is -1.44. The third kappa shape index (κ3) is 3.92. The van der Waals surface area contributed by atoms with Crippen molar-refractivity contribution in [1.82, 2.24) is 0 Å². The summed E-state index contributed by atoms with van der Waals surface area (Å²) in [7, 11) is 0. The summed E-state index contributed by atoms with van der Waals surface area (Å²) in [5, 5.41) is 34.6. The quantitative estimate of drug-likeness (QED) is 0.408. The van der Waals surface area contributed by atoms with E-state index in [0.29, 0.717) is 0 Å². The van der Waals surface area contributed by atoms with Gasteiger partial charge in [-0.25, -0.2) is 0 Å². The molecule has 0 aliphatic carbocycles. The summed E-state index contributed by atoms with van der Waals surface area (Å²) < 4.78 is 0. The first-order chi connectivity index (χ1) is 4.95. The predicted molar refractivity (Wildman–Crippen MR) is 35.9 cm³/mol. The first kappa shape index (κ1) is 10.3. The minimum atomic E-state index is -1.41. The van der Waals surface area contributed by atoms with Crippen molar-refractivity contribution in [3.63, 3.8) is 0 Å². The van der Waals surface area contributed by atoms with Crippen LogP contribution >= 0.6 is 0 Å². The lowest BCUT2D eigenvalue weighted by Crippen LogP contribution is -2.36. The summed E-state index contributed by atoms with van der Waals surface area (Å²) in [5.74, 6) is -1.21. The molecule has 5 nitrogen and oxygen atoms in total. The van der Waals surface area contributed by atoms with Crippen LogP contribution < -0.4 is 0 Å². The summed E-state index contributed by atoms with van der Waals surface area (Å²) >= 11 is 0. The van der Waals surface area contributed by atoms with Gasteiger partial charge in [-0.2, -0.15) is 0 Å². The van der Waals surface area contributed by atoms with E-state index >= 15 is 0 Å². The highest BCUT2D eigenvalue weighted by Crippen LogP contribution is 2.03. The van der Waals surface area contributed by atoms with Crippen LogP contribution in [0.5, 0.6) is 0 Å². The molecule has 0 saturated carbocycles. The monoisotopic (exact) mass is 164 g/mol. The van der Waals surface area contributed by atoms with Crippen LogP contribution in [-0.2, 0) is 4.79 Å². The minimum absolute atomic E-state index is 0.563. The number of aliphatic hydroxyl groups excluding tert-OH is 3. The number of rotatable bonds is 4. The maximum absolute atomic E-state index is 9.98. The second kappa shape index (κ2) is 4.27. The lowest BCUT2D eigenvalue weighted by molar-refractivity contribution is -0.142. The van der Waals surface area contributed by atoms with Gasteiger partial charge in [0.2, 0.25) is 0 Å². The average Bonchev–Trinajstić information content (AvgIpc) is 1.84. The first-order valence-electron chi connectivity index (χ1n) is 3.21. The van der Waals surface area contributed by atoms with Crippen LogP contribution in [0.4, 0.5) is 0 Å². The molecule has 0 aliphatic rings. The summed E-state index contributed by atoms with van der Waals surface area (Å²) in [6, 6.07) is 0. The molecule has 5 heteroatoms. The Balaban J connectivity index is 3.82. The fourth-order valence-corrected chi connectivity index (χ4v) is 0.621. The van der Waals surface area contributed by atoms with Crippen LogP contribution in [0.3, 0.4) is 0 Å². The third-order valence-electron chi connectivity index (χ3n) is 1.27. The van der Waals surface area contributed by atoms with E-state index < -0.39 is 30.7 Å². The largest absolute Gasteiger partial charge is 0.481 e. The second-order valence-electron chi connectivity index (χ2n) is 2.40. The van der Waals surface area contributed by atoms with Gasteiger partial charge < -0.3 is 20.4 Å². The summed E-state index contributed by atoms with van der Waals surface area (Å²) in [6.07, 6.45) is -4.49. The molecule has 0 unspecified atom stereocenters. The Labute approximate surface area is 63.9 Å². The second-order valence-corrected chi connectivity index (χ2v) is 2.40. The zero-order valence-corrected chi connectivity index (χ0v) is 6.14. The molecule has 0 heterocycles. The van der Waals surface area contributed by atoms with Crippen LogP contribution in [0, 0.1) is 0 Å². The zero-order valence-electron chi connectivity index (χ0n) is 6.14. The van der Waals surface area contributed by atoms with Crippen molar-refractivity contribution in [3.05, 3.63) is 0 Å². The van der Waals surface area contributed by atoms with Gasteiger partial charge in [-0.15, -0.1) is 0 Å². The summed E-state index contributed by atoms with van der Waals surface area (Å²) in [4.78, 5) is 9.98. The van der Waals surface area contributed by atoms with E-state index in [1.165, 1.54) is 6.92 Å². The van der Waals surface area contributed by atoms with Crippen LogP contribution in [0.15, 0.2) is 0 Å². The molecule has 0 aliphatic heterocycles. The van der Waals surface area contributed by atoms with Gasteiger partial charge in [0.1, 0.15) is 6.10 Å². The van der Waals surface area contributed by atoms with Crippen LogP contribution in [0.2, 0.25) is 0 Å². The van der Waals surface area contributed by atoms with Gasteiger partial charge in [-0.05, 0) is 6.92 Å². The van der Waals surface area contributed by atoms with E-state index in [2.05, 4.69) is 0 Å². The van der Waals surface area contributed by atoms with Crippen molar-refractivity contribution in [2.45, 2.75) is 31.7 Å². The Morgan fingerprint density at radius 1 is 1.36 bits per heavy atom. The van der Waals surface area contributed by atoms with Gasteiger partial charge in [0.05, 0.1) is 18.6 Å². The zero-order chi connectivity index (χ0) is 9.02. The van der Waals surface area contributed by atoms with Crippen LogP contribution in [-0.4, -0.2) is 44.7 Å². The van der Waals surface area contributed by atoms with Gasteiger partial charge in [0.15, 0.2) is 0 Å². The van der Waals surface area contributed by atoms with E-state index in [-0.39, 0.29) is 0 Å². The molecule has 0 aromatic heterocycles. The summed E-state index contributed by atoms with van der Waals surface area (Å²) in [5.41, 5.74) is 0. The topological polar surface area (TPSA) is 98.0 Å². The SMILES string of the molecule is C[C@@H](O)[C@@H](O)[C@@H](O)CC(=O)O. The van der Waals surface area contributed by atoms with Crippen molar-refractivity contribution in [3.8, 4) is 0 Å². The Bertz CT molecular complexity index is 133. The molecule has 0 bridgehead atoms.